The van der Waals surface area contributed by atoms with Crippen molar-refractivity contribution >= 4 is 21.4 Å². The predicted molar refractivity (Wildman–Crippen MR) is 85.2 cm³/mol. The number of likely N-dealkylation sites (N-methyl/N-ethyl adjacent to an activating group) is 1. The van der Waals surface area contributed by atoms with E-state index in [1.54, 1.807) is 0 Å². The molecule has 20 heavy (non-hydrogen) atoms. The molecule has 3 rings (SSSR count). The van der Waals surface area contributed by atoms with Crippen LogP contribution in [0, 0.1) is 0 Å². The van der Waals surface area contributed by atoms with Gasteiger partial charge in [0.2, 0.25) is 0 Å². The number of aromatic nitrogens is 2. The molecule has 0 spiro atoms. The molecular formula is C16H19N3S. The van der Waals surface area contributed by atoms with Crippen molar-refractivity contribution < 1.29 is 0 Å². The molecular weight excluding hydrogens is 266 g/mol. The Bertz CT molecular complexity index is 665. The van der Waals surface area contributed by atoms with Gasteiger partial charge in [-0.05, 0) is 30.1 Å². The predicted octanol–water partition coefficient (Wildman–Crippen LogP) is 3.53. The summed E-state index contributed by atoms with van der Waals surface area (Å²) >= 11 is 1.87. The first-order valence-electron chi connectivity index (χ1n) is 6.96. The van der Waals surface area contributed by atoms with Crippen molar-refractivity contribution in [3.05, 3.63) is 53.2 Å². The van der Waals surface area contributed by atoms with Gasteiger partial charge in [0, 0.05) is 35.3 Å². The van der Waals surface area contributed by atoms with Crippen LogP contribution in [0.15, 0.2) is 42.6 Å². The lowest BCUT2D eigenvalue weighted by molar-refractivity contribution is 0.548. The molecule has 1 atom stereocenters. The average molecular weight is 285 g/mol. The molecule has 4 heteroatoms. The smallest absolute Gasteiger partial charge is 0.0643 e. The van der Waals surface area contributed by atoms with E-state index in [1.165, 1.54) is 15.0 Å². The second-order valence-electron chi connectivity index (χ2n) is 4.98. The fourth-order valence-corrected chi connectivity index (χ4v) is 3.62. The quantitative estimate of drug-likeness (QED) is 0.777. The Labute approximate surface area is 123 Å². The van der Waals surface area contributed by atoms with Crippen LogP contribution in [-0.2, 0) is 13.5 Å². The fourth-order valence-electron chi connectivity index (χ4n) is 2.48. The lowest BCUT2D eigenvalue weighted by Gasteiger charge is -2.14. The van der Waals surface area contributed by atoms with Crippen molar-refractivity contribution in [1.82, 2.24) is 15.1 Å². The zero-order valence-corrected chi connectivity index (χ0v) is 12.7. The zero-order valence-electron chi connectivity index (χ0n) is 11.8. The summed E-state index contributed by atoms with van der Waals surface area (Å²) < 4.78 is 3.22. The molecule has 1 unspecified atom stereocenters. The van der Waals surface area contributed by atoms with Crippen LogP contribution in [0.1, 0.15) is 23.5 Å². The lowest BCUT2D eigenvalue weighted by Crippen LogP contribution is -2.22. The van der Waals surface area contributed by atoms with Gasteiger partial charge >= 0.3 is 0 Å². The molecule has 104 valence electrons. The molecule has 0 amide bonds. The van der Waals surface area contributed by atoms with Gasteiger partial charge in [-0.15, -0.1) is 11.3 Å². The summed E-state index contributed by atoms with van der Waals surface area (Å²) in [5.41, 5.74) is 1.14. The first-order valence-corrected chi connectivity index (χ1v) is 7.78. The molecule has 1 aromatic carbocycles. The molecule has 0 saturated carbocycles. The number of nitrogens with zero attached hydrogens (tertiary/aromatic N) is 2. The number of benzene rings is 1. The van der Waals surface area contributed by atoms with Crippen LogP contribution in [0.5, 0.6) is 0 Å². The maximum Gasteiger partial charge on any atom is 0.0643 e. The zero-order chi connectivity index (χ0) is 13.9. The Morgan fingerprint density at radius 3 is 2.85 bits per heavy atom. The van der Waals surface area contributed by atoms with Crippen molar-refractivity contribution in [2.45, 2.75) is 19.4 Å². The Kier molecular flexibility index (Phi) is 3.85. The van der Waals surface area contributed by atoms with Crippen molar-refractivity contribution in [2.24, 2.45) is 7.05 Å². The van der Waals surface area contributed by atoms with E-state index >= 15 is 0 Å². The summed E-state index contributed by atoms with van der Waals surface area (Å²) in [6.45, 7) is 3.12. The summed E-state index contributed by atoms with van der Waals surface area (Å²) in [6, 6.07) is 13.3. The van der Waals surface area contributed by atoms with Crippen LogP contribution in [0.4, 0.5) is 0 Å². The van der Waals surface area contributed by atoms with Crippen molar-refractivity contribution in [3.8, 4) is 0 Å². The van der Waals surface area contributed by atoms with Crippen LogP contribution in [0.25, 0.3) is 10.1 Å². The van der Waals surface area contributed by atoms with E-state index < -0.39 is 0 Å². The molecule has 1 N–H and O–H groups in total. The molecule has 0 aliphatic heterocycles. The van der Waals surface area contributed by atoms with Gasteiger partial charge in [0.15, 0.2) is 0 Å². The Morgan fingerprint density at radius 2 is 2.15 bits per heavy atom. The molecule has 0 aliphatic carbocycles. The maximum absolute atomic E-state index is 4.49. The fraction of sp³-hybridized carbons (Fsp3) is 0.312. The highest BCUT2D eigenvalue weighted by atomic mass is 32.1. The van der Waals surface area contributed by atoms with Crippen LogP contribution < -0.4 is 5.32 Å². The van der Waals surface area contributed by atoms with Gasteiger partial charge in [-0.25, -0.2) is 0 Å². The third-order valence-electron chi connectivity index (χ3n) is 3.42. The highest BCUT2D eigenvalue weighted by Crippen LogP contribution is 2.31. The number of aryl methyl sites for hydroxylation is 1. The summed E-state index contributed by atoms with van der Waals surface area (Å²) in [5.74, 6) is 0. The molecule has 0 radical (unpaired) electrons. The average Bonchev–Trinajstić information content (AvgIpc) is 3.04. The summed E-state index contributed by atoms with van der Waals surface area (Å²) in [7, 11) is 1.96. The maximum atomic E-state index is 4.49. The normalized spacial score (nSPS) is 12.9. The van der Waals surface area contributed by atoms with E-state index in [-0.39, 0.29) is 0 Å². The second-order valence-corrected chi connectivity index (χ2v) is 6.10. The first kappa shape index (κ1) is 13.3. The third kappa shape index (κ3) is 2.76. The topological polar surface area (TPSA) is 29.9 Å². The molecule has 2 heterocycles. The minimum Gasteiger partial charge on any atom is -0.309 e. The number of hydrogen-bond donors (Lipinski definition) is 1. The van der Waals surface area contributed by atoms with Gasteiger partial charge in [0.05, 0.1) is 5.69 Å². The van der Waals surface area contributed by atoms with E-state index in [2.05, 4.69) is 53.7 Å². The van der Waals surface area contributed by atoms with Gasteiger partial charge in [-0.2, -0.15) is 5.10 Å². The Morgan fingerprint density at radius 1 is 1.30 bits per heavy atom. The molecule has 3 aromatic rings. The van der Waals surface area contributed by atoms with Gasteiger partial charge in [0.1, 0.15) is 0 Å². The number of hydrogen-bond acceptors (Lipinski definition) is 3. The summed E-state index contributed by atoms with van der Waals surface area (Å²) in [6.07, 6.45) is 2.94. The minimum atomic E-state index is 0.340. The van der Waals surface area contributed by atoms with Crippen molar-refractivity contribution in [2.75, 3.05) is 6.54 Å². The molecule has 2 aromatic heterocycles. The van der Waals surface area contributed by atoms with E-state index in [9.17, 15) is 0 Å². The standard InChI is InChI=1S/C16H19N3S/c1-3-17-14(11-13-8-9-19(2)18-13)16-10-12-6-4-5-7-15(12)20-16/h4-10,14,17H,3,11H2,1-2H3. The van der Waals surface area contributed by atoms with E-state index in [0.29, 0.717) is 6.04 Å². The molecule has 0 saturated heterocycles. The Balaban J connectivity index is 1.89. The molecule has 0 fully saturated rings. The summed E-state index contributed by atoms with van der Waals surface area (Å²) in [5, 5.41) is 9.40. The highest BCUT2D eigenvalue weighted by Gasteiger charge is 2.15. The lowest BCUT2D eigenvalue weighted by atomic mass is 10.1. The third-order valence-corrected chi connectivity index (χ3v) is 4.65. The first-order chi connectivity index (χ1) is 9.76. The van der Waals surface area contributed by atoms with E-state index in [1.807, 2.05) is 29.3 Å². The number of thiophene rings is 1. The molecule has 0 aliphatic rings. The van der Waals surface area contributed by atoms with Crippen molar-refractivity contribution in [1.29, 1.82) is 0 Å². The monoisotopic (exact) mass is 285 g/mol. The highest BCUT2D eigenvalue weighted by molar-refractivity contribution is 7.19. The van der Waals surface area contributed by atoms with Gasteiger partial charge in [-0.3, -0.25) is 4.68 Å². The van der Waals surface area contributed by atoms with Gasteiger partial charge < -0.3 is 5.32 Å². The Hall–Kier alpha value is -1.65. The van der Waals surface area contributed by atoms with Crippen molar-refractivity contribution in [3.63, 3.8) is 0 Å². The van der Waals surface area contributed by atoms with Crippen LogP contribution in [0.3, 0.4) is 0 Å². The van der Waals surface area contributed by atoms with Crippen LogP contribution in [0.2, 0.25) is 0 Å². The van der Waals surface area contributed by atoms with E-state index in [4.69, 9.17) is 0 Å². The minimum absolute atomic E-state index is 0.340. The van der Waals surface area contributed by atoms with Gasteiger partial charge in [0.25, 0.3) is 0 Å². The molecule has 3 nitrogen and oxygen atoms in total. The number of nitrogens with one attached hydrogen (secondary N) is 1. The molecule has 0 bridgehead atoms. The van der Waals surface area contributed by atoms with Crippen LogP contribution >= 0.6 is 11.3 Å². The summed E-state index contributed by atoms with van der Waals surface area (Å²) in [4.78, 5) is 1.39. The largest absolute Gasteiger partial charge is 0.309 e. The van der Waals surface area contributed by atoms with Gasteiger partial charge in [-0.1, -0.05) is 25.1 Å². The second kappa shape index (κ2) is 5.77. The SMILES string of the molecule is CCNC(Cc1ccn(C)n1)c1cc2ccccc2s1. The number of rotatable bonds is 5. The number of fused-ring (bicyclic) bond motifs is 1. The van der Waals surface area contributed by atoms with Crippen LogP contribution in [-0.4, -0.2) is 16.3 Å². The van der Waals surface area contributed by atoms with E-state index in [0.717, 1.165) is 18.7 Å².